The summed E-state index contributed by atoms with van der Waals surface area (Å²) in [6.45, 7) is 2.54. The van der Waals surface area contributed by atoms with Crippen molar-refractivity contribution in [2.24, 2.45) is 5.73 Å². The summed E-state index contributed by atoms with van der Waals surface area (Å²) in [5.41, 5.74) is 8.21. The molecule has 0 aliphatic rings. The van der Waals surface area contributed by atoms with Crippen LogP contribution in [0.4, 0.5) is 5.69 Å². The molecule has 1 aromatic rings. The molecule has 0 aliphatic carbocycles. The molecule has 0 spiro atoms. The molecule has 20 heavy (non-hydrogen) atoms. The van der Waals surface area contributed by atoms with E-state index in [2.05, 4.69) is 22.9 Å². The first-order chi connectivity index (χ1) is 9.23. The van der Waals surface area contributed by atoms with Crippen molar-refractivity contribution in [2.75, 3.05) is 30.5 Å². The lowest BCUT2D eigenvalue weighted by atomic mass is 10.0. The van der Waals surface area contributed by atoms with Gasteiger partial charge in [-0.05, 0) is 30.5 Å². The van der Waals surface area contributed by atoms with Crippen LogP contribution in [0.25, 0.3) is 0 Å². The van der Waals surface area contributed by atoms with Crippen molar-refractivity contribution in [1.29, 1.82) is 0 Å². The maximum atomic E-state index is 11.3. The molecule has 1 atom stereocenters. The van der Waals surface area contributed by atoms with Crippen LogP contribution >= 0.6 is 15.9 Å². The molecule has 6 heteroatoms. The van der Waals surface area contributed by atoms with Gasteiger partial charge in [0.1, 0.15) is 9.84 Å². The van der Waals surface area contributed by atoms with Gasteiger partial charge >= 0.3 is 0 Å². The Hall–Kier alpha value is -0.590. The molecule has 0 amide bonds. The zero-order valence-electron chi connectivity index (χ0n) is 12.3. The van der Waals surface area contributed by atoms with Gasteiger partial charge in [0.15, 0.2) is 0 Å². The fourth-order valence-corrected chi connectivity index (χ4v) is 2.87. The fraction of sp³-hybridized carbons (Fsp3) is 0.571. The van der Waals surface area contributed by atoms with E-state index in [0.717, 1.165) is 28.6 Å². The van der Waals surface area contributed by atoms with Gasteiger partial charge in [-0.1, -0.05) is 28.9 Å². The molecular weight excluding hydrogens is 340 g/mol. The van der Waals surface area contributed by atoms with Crippen molar-refractivity contribution in [1.82, 2.24) is 0 Å². The van der Waals surface area contributed by atoms with E-state index in [0.29, 0.717) is 6.54 Å². The number of sulfone groups is 1. The third kappa shape index (κ3) is 5.81. The molecule has 1 rings (SSSR count). The number of hydrogen-bond acceptors (Lipinski definition) is 4. The molecule has 0 radical (unpaired) electrons. The van der Waals surface area contributed by atoms with Crippen molar-refractivity contribution in [3.05, 3.63) is 28.2 Å². The topological polar surface area (TPSA) is 63.4 Å². The zero-order chi connectivity index (χ0) is 15.3. The molecule has 0 saturated heterocycles. The fourth-order valence-electron chi connectivity index (χ4n) is 1.91. The summed E-state index contributed by atoms with van der Waals surface area (Å²) in [4.78, 5) is 1.98. The molecule has 0 heterocycles. The molecule has 0 aliphatic heterocycles. The van der Waals surface area contributed by atoms with Gasteiger partial charge in [0.2, 0.25) is 0 Å². The van der Waals surface area contributed by atoms with E-state index in [9.17, 15) is 8.42 Å². The molecule has 114 valence electrons. The van der Waals surface area contributed by atoms with E-state index >= 15 is 0 Å². The van der Waals surface area contributed by atoms with Gasteiger partial charge < -0.3 is 10.6 Å². The molecule has 0 bridgehead atoms. The van der Waals surface area contributed by atoms with E-state index in [1.54, 1.807) is 0 Å². The van der Waals surface area contributed by atoms with Crippen LogP contribution in [0.2, 0.25) is 0 Å². The van der Waals surface area contributed by atoms with Crippen LogP contribution in [0.3, 0.4) is 0 Å². The standard InChI is InChI=1S/C14H23BrN2O2S/c1-4-13(16)9-11-5-6-12(15)10-14(11)17(2)7-8-20(3,18)19/h5-6,10,13H,4,7-9,16H2,1-3H3. The molecule has 1 unspecified atom stereocenters. The number of anilines is 1. The average Bonchev–Trinajstić information content (AvgIpc) is 2.37. The number of hydrogen-bond donors (Lipinski definition) is 1. The lowest BCUT2D eigenvalue weighted by Crippen LogP contribution is -2.27. The van der Waals surface area contributed by atoms with Crippen LogP contribution in [-0.4, -0.2) is 40.1 Å². The second kappa shape index (κ2) is 7.43. The summed E-state index contributed by atoms with van der Waals surface area (Å²) in [6, 6.07) is 6.18. The van der Waals surface area contributed by atoms with Crippen LogP contribution in [0.5, 0.6) is 0 Å². The van der Waals surface area contributed by atoms with E-state index < -0.39 is 9.84 Å². The molecule has 4 nitrogen and oxygen atoms in total. The molecule has 0 fully saturated rings. The van der Waals surface area contributed by atoms with Gasteiger partial charge in [-0.25, -0.2) is 8.42 Å². The normalized spacial score (nSPS) is 13.2. The van der Waals surface area contributed by atoms with E-state index in [4.69, 9.17) is 5.73 Å². The Kier molecular flexibility index (Phi) is 6.48. The molecular formula is C14H23BrN2O2S. The van der Waals surface area contributed by atoms with Gasteiger partial charge in [0.25, 0.3) is 0 Å². The molecule has 0 saturated carbocycles. The minimum Gasteiger partial charge on any atom is -0.373 e. The highest BCUT2D eigenvalue weighted by molar-refractivity contribution is 9.10. The number of benzene rings is 1. The van der Waals surface area contributed by atoms with Crippen LogP contribution in [0.1, 0.15) is 18.9 Å². The van der Waals surface area contributed by atoms with Gasteiger partial charge in [0, 0.05) is 36.1 Å². The second-order valence-electron chi connectivity index (χ2n) is 5.20. The first-order valence-electron chi connectivity index (χ1n) is 6.65. The minimum atomic E-state index is -2.96. The van der Waals surface area contributed by atoms with Gasteiger partial charge in [-0.2, -0.15) is 0 Å². The summed E-state index contributed by atoms with van der Waals surface area (Å²) in [5, 5.41) is 0. The molecule has 0 aromatic heterocycles. The maximum absolute atomic E-state index is 11.3. The Bertz CT molecular complexity index is 546. The Balaban J connectivity index is 2.93. The summed E-state index contributed by atoms with van der Waals surface area (Å²) < 4.78 is 23.6. The van der Waals surface area contributed by atoms with Crippen molar-refractivity contribution >= 4 is 31.5 Å². The third-order valence-corrected chi connectivity index (χ3v) is 4.68. The highest BCUT2D eigenvalue weighted by atomic mass is 79.9. The van der Waals surface area contributed by atoms with Gasteiger partial charge in [-0.3, -0.25) is 0 Å². The minimum absolute atomic E-state index is 0.123. The third-order valence-electron chi connectivity index (χ3n) is 3.26. The summed E-state index contributed by atoms with van der Waals surface area (Å²) in [6.07, 6.45) is 2.97. The van der Waals surface area contributed by atoms with E-state index in [1.807, 2.05) is 30.1 Å². The van der Waals surface area contributed by atoms with E-state index in [-0.39, 0.29) is 11.8 Å². The monoisotopic (exact) mass is 362 g/mol. The highest BCUT2D eigenvalue weighted by Crippen LogP contribution is 2.25. The Morgan fingerprint density at radius 3 is 2.60 bits per heavy atom. The highest BCUT2D eigenvalue weighted by Gasteiger charge is 2.13. The first kappa shape index (κ1) is 17.5. The number of nitrogens with two attached hydrogens (primary N) is 1. The number of halogens is 1. The quantitative estimate of drug-likeness (QED) is 0.807. The van der Waals surface area contributed by atoms with Crippen LogP contribution in [0, 0.1) is 0 Å². The zero-order valence-corrected chi connectivity index (χ0v) is 14.7. The maximum Gasteiger partial charge on any atom is 0.149 e. The molecule has 1 aromatic carbocycles. The largest absolute Gasteiger partial charge is 0.373 e. The average molecular weight is 363 g/mol. The van der Waals surface area contributed by atoms with Crippen LogP contribution in [0.15, 0.2) is 22.7 Å². The Morgan fingerprint density at radius 2 is 2.05 bits per heavy atom. The van der Waals surface area contributed by atoms with Crippen molar-refractivity contribution in [3.63, 3.8) is 0 Å². The SMILES string of the molecule is CCC(N)Cc1ccc(Br)cc1N(C)CCS(C)(=O)=O. The first-order valence-corrected chi connectivity index (χ1v) is 9.51. The Labute approximate surface area is 130 Å². The molecule has 2 N–H and O–H groups in total. The van der Waals surface area contributed by atoms with E-state index in [1.165, 1.54) is 6.26 Å². The van der Waals surface area contributed by atoms with Crippen LogP contribution < -0.4 is 10.6 Å². The summed E-state index contributed by atoms with van der Waals surface area (Å²) in [7, 11) is -1.05. The number of rotatable bonds is 7. The predicted molar refractivity (Wildman–Crippen MR) is 89.1 cm³/mol. The second-order valence-corrected chi connectivity index (χ2v) is 8.37. The predicted octanol–water partition coefficient (Wildman–Crippen LogP) is 2.21. The van der Waals surface area contributed by atoms with Crippen molar-refractivity contribution in [2.45, 2.75) is 25.8 Å². The summed E-state index contributed by atoms with van der Waals surface area (Å²) >= 11 is 3.46. The van der Waals surface area contributed by atoms with Crippen molar-refractivity contribution < 1.29 is 8.42 Å². The van der Waals surface area contributed by atoms with Crippen molar-refractivity contribution in [3.8, 4) is 0 Å². The lowest BCUT2D eigenvalue weighted by molar-refractivity contribution is 0.601. The van der Waals surface area contributed by atoms with Gasteiger partial charge in [0.05, 0.1) is 5.75 Å². The lowest BCUT2D eigenvalue weighted by Gasteiger charge is -2.23. The van der Waals surface area contributed by atoms with Gasteiger partial charge in [-0.15, -0.1) is 0 Å². The summed E-state index contributed by atoms with van der Waals surface area (Å²) in [5.74, 6) is 0.148. The number of nitrogens with zero attached hydrogens (tertiary/aromatic N) is 1. The van der Waals surface area contributed by atoms with Crippen LogP contribution in [-0.2, 0) is 16.3 Å². The Morgan fingerprint density at radius 1 is 1.40 bits per heavy atom. The smallest absolute Gasteiger partial charge is 0.149 e.